The molecule has 9 nitrogen and oxygen atoms in total. The molecule has 18 atom stereocenters. The topological polar surface area (TPSA) is 83.1 Å². The maximum absolute atomic E-state index is 6.17. The van der Waals surface area contributed by atoms with Crippen molar-refractivity contribution in [2.75, 3.05) is 106 Å². The highest BCUT2D eigenvalue weighted by Gasteiger charge is 2.69. The fraction of sp³-hybridized carbons (Fsp3) is 1.00. The second-order valence-electron chi connectivity index (χ2n) is 49.7. The van der Waals surface area contributed by atoms with Gasteiger partial charge in [0.2, 0.25) is 0 Å². The van der Waals surface area contributed by atoms with Crippen LogP contribution in [-0.4, -0.2) is 118 Å². The minimum Gasteiger partial charge on any atom is -0.381 e. The monoisotopic (exact) mass is 1780 g/mol. The Labute approximate surface area is 788 Å². The van der Waals surface area contributed by atoms with Crippen LogP contribution in [0.5, 0.6) is 0 Å². The van der Waals surface area contributed by atoms with Crippen LogP contribution in [0.1, 0.15) is 477 Å². The average molecular weight is 1780 g/mol. The largest absolute Gasteiger partial charge is 0.381 e. The van der Waals surface area contributed by atoms with Crippen LogP contribution in [0.25, 0.3) is 0 Å². The second kappa shape index (κ2) is 53.1. The Balaban J connectivity index is 0.000000139. The fourth-order valence-electron chi connectivity index (χ4n) is 34.0. The van der Waals surface area contributed by atoms with E-state index in [1.54, 1.807) is 12.8 Å². The molecule has 0 spiro atoms. The van der Waals surface area contributed by atoms with Gasteiger partial charge in [-0.15, -0.1) is 0 Å². The maximum atomic E-state index is 6.17. The van der Waals surface area contributed by atoms with Crippen LogP contribution in [0.15, 0.2) is 0 Å². The van der Waals surface area contributed by atoms with E-state index in [-0.39, 0.29) is 0 Å². The van der Waals surface area contributed by atoms with Crippen LogP contribution in [0.3, 0.4) is 0 Å². The number of ether oxygens (including phenoxy) is 9. The third-order valence-electron chi connectivity index (χ3n) is 40.9. The quantitative estimate of drug-likeness (QED) is 0.0711. The van der Waals surface area contributed by atoms with Crippen molar-refractivity contribution in [2.45, 2.75) is 489 Å². The van der Waals surface area contributed by atoms with E-state index < -0.39 is 0 Å². The minimum absolute atomic E-state index is 0.451. The lowest BCUT2D eigenvalue weighted by Gasteiger charge is -2.48. The molecule has 0 N–H and O–H groups in total. The summed E-state index contributed by atoms with van der Waals surface area (Å²) >= 11 is 0. The SMILES string of the molecule is CCOC1C2CC(C3C4CCC(C4)C23)C1(C)C.CCOC1C2CCC1CC2.CCOCC1(C(C)C)CCCCC1.CCOCC1(C)CC2CCCC2C1.CCOCC1(C)CCC2CCCC21.CCOCC1(C)CCC2CCCCC2C1.CCOCC1(C)CCCC2CCCCC21.CCOCC1(C2CCCCC2)CCCC1.CCOCC1(C2CCCCC2)CCCCC1. The normalized spacial score (nSPS) is 38.8. The van der Waals surface area contributed by atoms with Crippen molar-refractivity contribution in [1.82, 2.24) is 0 Å². The van der Waals surface area contributed by atoms with Gasteiger partial charge in [-0.3, -0.25) is 0 Å². The predicted molar refractivity (Wildman–Crippen MR) is 536 cm³/mol. The molecule has 0 aromatic heterocycles. The van der Waals surface area contributed by atoms with Gasteiger partial charge in [0.1, 0.15) is 0 Å². The average Bonchev–Trinajstić information content (AvgIpc) is 1.52. The molecule has 127 heavy (non-hydrogen) atoms. The highest BCUT2D eigenvalue weighted by Crippen LogP contribution is 2.72. The van der Waals surface area contributed by atoms with Gasteiger partial charge in [-0.2, -0.15) is 0 Å². The Morgan fingerprint density at radius 1 is 0.252 bits per heavy atom. The third kappa shape index (κ3) is 28.7. The summed E-state index contributed by atoms with van der Waals surface area (Å²) in [7, 11) is 0. The first kappa shape index (κ1) is 107. The van der Waals surface area contributed by atoms with Crippen molar-refractivity contribution in [2.24, 2.45) is 156 Å². The van der Waals surface area contributed by atoms with E-state index in [0.29, 0.717) is 55.5 Å². The smallest absolute Gasteiger partial charge is 0.0659 e. The molecule has 19 aliphatic rings. The lowest BCUT2D eigenvalue weighted by Crippen LogP contribution is -2.47. The number of hydrogen-bond acceptors (Lipinski definition) is 9. The molecule has 0 heterocycles. The molecule has 18 unspecified atom stereocenters. The van der Waals surface area contributed by atoms with E-state index in [9.17, 15) is 0 Å². The summed E-state index contributed by atoms with van der Waals surface area (Å²) in [5.74, 6) is 19.0. The second-order valence-corrected chi connectivity index (χ2v) is 49.7. The first-order valence-corrected chi connectivity index (χ1v) is 57.8. The molecule has 0 amide bonds. The highest BCUT2D eigenvalue weighted by molar-refractivity contribution is 5.17. The van der Waals surface area contributed by atoms with E-state index in [1.807, 2.05) is 0 Å². The number of rotatable bonds is 28. The number of hydrogen-bond donors (Lipinski definition) is 0. The zero-order chi connectivity index (χ0) is 90.4. The molecule has 0 radical (unpaired) electrons. The van der Waals surface area contributed by atoms with Crippen LogP contribution < -0.4 is 0 Å². The maximum Gasteiger partial charge on any atom is 0.0659 e. The van der Waals surface area contributed by atoms with Crippen molar-refractivity contribution < 1.29 is 42.6 Å². The van der Waals surface area contributed by atoms with Gasteiger partial charge in [0, 0.05) is 59.5 Å². The molecule has 0 saturated heterocycles. The Morgan fingerprint density at radius 2 is 0.622 bits per heavy atom. The zero-order valence-corrected chi connectivity index (χ0v) is 87.7. The third-order valence-corrected chi connectivity index (χ3v) is 40.9. The summed E-state index contributed by atoms with van der Waals surface area (Å²) in [5, 5.41) is 0. The van der Waals surface area contributed by atoms with Crippen molar-refractivity contribution in [3.05, 3.63) is 0 Å². The standard InChI is InChI=1S/C16H26O.C15H28O.3C14H26O.2C12H22O.C12H24O.C9H16O/c1-4-17-15-11-8-12(16(15,2)3)14-10-6-5-9(7-10)13(11)14;1-2-16-13-15(11-7-4-8-12-15)14-9-5-3-6-10-14;1-3-15-11-14(2)10-6-8-12-7-4-5-9-13(12)14;1-3-15-11-14(2)9-8-12-6-4-5-7-13(12)10-14;1-2-15-12-14(10-6-7-11-14)13-8-4-3-5-9-13;1-3-13-9-12(2)7-10-5-4-6-11(10)8-12;1-3-13-9-12(2)8-7-10-5-4-6-11(10)12;1-4-13-10-12(11(2)3)8-6-5-7-9-12;1-2-10-9-7-3-4-8(9)6-5-7/h9-15H,4-8H2,1-3H3;14H,2-13H2,1H3;2*12-13H,3-11H2,1-2H3;13H,2-12H2,1H3;2*10-11H,3-9H2,1-2H3;11H,4-10H2,1-3H3;7-9H,2-6H2,1H3. The summed E-state index contributed by atoms with van der Waals surface area (Å²) in [4.78, 5) is 0. The molecule has 0 aliphatic heterocycles. The summed E-state index contributed by atoms with van der Waals surface area (Å²) < 4.78 is 51.7. The summed E-state index contributed by atoms with van der Waals surface area (Å²) in [5.41, 5.74) is 4.17. The van der Waals surface area contributed by atoms with Gasteiger partial charge in [-0.1, -0.05) is 235 Å². The van der Waals surface area contributed by atoms with Crippen molar-refractivity contribution >= 4 is 0 Å². The Morgan fingerprint density at radius 3 is 1.15 bits per heavy atom. The van der Waals surface area contributed by atoms with Gasteiger partial charge in [-0.05, 0) is 398 Å². The van der Waals surface area contributed by atoms with Crippen molar-refractivity contribution in [3.63, 3.8) is 0 Å². The molecule has 19 fully saturated rings. The molecule has 19 aliphatic carbocycles. The molecule has 6 bridgehead atoms. The Kier molecular flexibility index (Phi) is 44.8. The zero-order valence-electron chi connectivity index (χ0n) is 87.7. The van der Waals surface area contributed by atoms with E-state index in [4.69, 9.17) is 42.6 Å². The molecular formula is C118H216O9. The van der Waals surface area contributed by atoms with Gasteiger partial charge in [-0.25, -0.2) is 0 Å². The number of fused-ring (bicyclic) bond motifs is 15. The lowest BCUT2D eigenvalue weighted by atomic mass is 9.58. The molecular weight excluding hydrogens is 1560 g/mol. The molecule has 742 valence electrons. The summed E-state index contributed by atoms with van der Waals surface area (Å²) in [6, 6.07) is 0. The summed E-state index contributed by atoms with van der Waals surface area (Å²) in [6.07, 6.45) is 83.0. The highest BCUT2D eigenvalue weighted by atomic mass is 16.5. The Hall–Kier alpha value is -0.360. The van der Waals surface area contributed by atoms with Gasteiger partial charge in [0.05, 0.1) is 58.5 Å². The van der Waals surface area contributed by atoms with Crippen LogP contribution in [-0.2, 0) is 42.6 Å². The van der Waals surface area contributed by atoms with Crippen LogP contribution in [0.2, 0.25) is 0 Å². The molecule has 19 rings (SSSR count). The van der Waals surface area contributed by atoms with E-state index in [2.05, 4.69) is 118 Å². The van der Waals surface area contributed by atoms with Crippen molar-refractivity contribution in [3.8, 4) is 0 Å². The minimum atomic E-state index is 0.451. The fourth-order valence-corrected chi connectivity index (χ4v) is 34.0. The van der Waals surface area contributed by atoms with Crippen molar-refractivity contribution in [1.29, 1.82) is 0 Å². The van der Waals surface area contributed by atoms with Crippen LogP contribution in [0.4, 0.5) is 0 Å². The van der Waals surface area contributed by atoms with Crippen LogP contribution in [0, 0.1) is 156 Å². The van der Waals surface area contributed by atoms with E-state index in [1.165, 1.54) is 347 Å². The van der Waals surface area contributed by atoms with Crippen LogP contribution >= 0.6 is 0 Å². The first-order valence-electron chi connectivity index (χ1n) is 57.8. The van der Waals surface area contributed by atoms with Gasteiger partial charge in [0.25, 0.3) is 0 Å². The molecule has 0 aromatic rings. The Bertz CT molecular complexity index is 2880. The van der Waals surface area contributed by atoms with Gasteiger partial charge < -0.3 is 42.6 Å². The predicted octanol–water partition coefficient (Wildman–Crippen LogP) is 32.8. The molecule has 19 saturated carbocycles. The van der Waals surface area contributed by atoms with Gasteiger partial charge in [0.15, 0.2) is 0 Å². The van der Waals surface area contributed by atoms with E-state index in [0.717, 1.165) is 218 Å². The van der Waals surface area contributed by atoms with Gasteiger partial charge >= 0.3 is 0 Å². The van der Waals surface area contributed by atoms with E-state index >= 15 is 0 Å². The summed E-state index contributed by atoms with van der Waals surface area (Å²) in [6.45, 7) is 53.6. The molecule has 0 aromatic carbocycles. The first-order chi connectivity index (χ1) is 61.5. The molecule has 9 heteroatoms. The lowest BCUT2D eigenvalue weighted by molar-refractivity contribution is -0.0980.